The Labute approximate surface area is 711 Å². The summed E-state index contributed by atoms with van der Waals surface area (Å²) in [5, 5.41) is 2.32. The molecule has 5 aromatic heterocycles. The van der Waals surface area contributed by atoms with Crippen molar-refractivity contribution in [3.05, 3.63) is 212 Å². The maximum Gasteiger partial charge on any atom is 0.130 e. The molecule has 4 fully saturated rings. The molecule has 12 bridgehead atoms. The molecule has 120 heavy (non-hydrogen) atoms. The summed E-state index contributed by atoms with van der Waals surface area (Å²) in [6, 6.07) is 51.5. The van der Waals surface area contributed by atoms with Crippen LogP contribution in [0.5, 0.6) is 11.5 Å². The van der Waals surface area contributed by atoms with Crippen LogP contribution >= 0.6 is 0 Å². The lowest BCUT2D eigenvalue weighted by molar-refractivity contribution is -0.349. The van der Waals surface area contributed by atoms with Gasteiger partial charge in [0.2, 0.25) is 0 Å². The molecule has 4 saturated carbocycles. The molecule has 10 atom stereocenters. The summed E-state index contributed by atoms with van der Waals surface area (Å²) >= 11 is 0. The Morgan fingerprint density at radius 1 is 0.300 bits per heavy atom. The highest BCUT2D eigenvalue weighted by Crippen LogP contribution is 2.95. The van der Waals surface area contributed by atoms with Gasteiger partial charge in [0.15, 0.2) is 0 Å². The Morgan fingerprint density at radius 2 is 0.567 bits per heavy atom. The van der Waals surface area contributed by atoms with Gasteiger partial charge in [0, 0.05) is 78.1 Å². The average Bonchev–Trinajstić information content (AvgIpc) is 1.33. The summed E-state index contributed by atoms with van der Waals surface area (Å²) in [5.74, 6) is 5.78. The minimum atomic E-state index is -0.226. The largest absolute Gasteiger partial charge is 0.496 e. The van der Waals surface area contributed by atoms with Gasteiger partial charge in [-0.3, -0.25) is 0 Å². The molecular formula is C110H122N8O2. The number of hydrogen-bond donors (Lipinski definition) is 2. The highest BCUT2D eigenvalue weighted by molar-refractivity contribution is 6.06. The molecule has 7 aromatic carbocycles. The highest BCUT2D eigenvalue weighted by atomic mass is 16.5. The number of rotatable bonds is 6. The minimum Gasteiger partial charge on any atom is -0.496 e. The van der Waals surface area contributed by atoms with E-state index in [1.54, 1.807) is 0 Å². The zero-order valence-corrected chi connectivity index (χ0v) is 76.4. The van der Waals surface area contributed by atoms with Crippen molar-refractivity contribution >= 4 is 67.1 Å². The Balaban J connectivity index is 0.890. The van der Waals surface area contributed by atoms with Crippen LogP contribution in [0, 0.1) is 34.5 Å². The van der Waals surface area contributed by atoms with Crippen LogP contribution in [-0.4, -0.2) is 54.1 Å². The lowest BCUT2D eigenvalue weighted by Crippen LogP contribution is -2.79. The third-order valence-corrected chi connectivity index (χ3v) is 30.6. The number of methoxy groups -OCH3 is 2. The molecule has 2 aliphatic heterocycles. The van der Waals surface area contributed by atoms with Crippen LogP contribution in [0.25, 0.3) is 134 Å². The van der Waals surface area contributed by atoms with Crippen molar-refractivity contribution in [2.24, 2.45) is 34.5 Å². The molecule has 6 unspecified atom stereocenters. The van der Waals surface area contributed by atoms with E-state index in [-0.39, 0.29) is 54.1 Å². The molecule has 6 aliphatic carbocycles. The van der Waals surface area contributed by atoms with Crippen molar-refractivity contribution in [2.75, 3.05) is 14.2 Å². The Kier molecular flexibility index (Phi) is 16.6. The first-order valence-corrected chi connectivity index (χ1v) is 44.5. The number of nitrogens with zero attached hydrogens (tertiary/aromatic N) is 6. The van der Waals surface area contributed by atoms with Crippen molar-refractivity contribution in [1.29, 1.82) is 0 Å². The Morgan fingerprint density at radius 3 is 0.858 bits per heavy atom. The number of ether oxygens (including phenoxy) is 2. The van der Waals surface area contributed by atoms with Crippen LogP contribution in [-0.2, 0) is 43.3 Å². The fourth-order valence-corrected chi connectivity index (χ4v) is 24.1. The number of benzene rings is 7. The minimum absolute atomic E-state index is 0.145. The van der Waals surface area contributed by atoms with E-state index in [1.807, 2.05) is 14.2 Å². The number of nitrogens with one attached hydrogen (secondary N) is 2. The van der Waals surface area contributed by atoms with E-state index < -0.39 is 0 Å². The van der Waals surface area contributed by atoms with E-state index in [0.29, 0.717) is 58.7 Å². The lowest BCUT2D eigenvalue weighted by atomic mass is 9.20. The zero-order chi connectivity index (χ0) is 85.0. The van der Waals surface area contributed by atoms with Gasteiger partial charge in [-0.1, -0.05) is 277 Å². The number of hydrogen-bond acceptors (Lipinski definition) is 8. The van der Waals surface area contributed by atoms with Gasteiger partial charge in [-0.05, 0) is 218 Å². The molecule has 0 saturated heterocycles. The lowest BCUT2D eigenvalue weighted by Gasteiger charge is -2.84. The van der Waals surface area contributed by atoms with E-state index in [4.69, 9.17) is 39.4 Å². The third-order valence-electron chi connectivity index (χ3n) is 30.6. The molecule has 10 heteroatoms. The standard InChI is InChI=1S/C110H122N8O2/c1-101(2,3)59-39-55(40-60(47-59)102(4,5)6)83-73-33-34-74(111-73)84(56-41-61(103(7,8)9)48-62(42-56)104(10,11)12)76-36-38-78(113-76)86(58-45-65(107(19,20)21)50-66(46-58)108(22,23)24)96-98-97(95(118-96)85(77-37-35-75(83)112-77)57-43-63(105(13,14)15)49-64(44-57)106(16,17)18)116-81-53-79-80(54-82(81)117-98)115-94-72-52-71(93(94)114-79)91-92(72)110(26)90-70-51-69(89(90)109(91,110)25)87-88(70)100(120-28)68-32-30-29-31-67(68)99(87)119-27/h29-50,53-54,69-72,89-92,112-113H,51-52H2,1-28H3/t69-,70+,71-,72+,89?,90?,91?,92?,109?,110?. The first kappa shape index (κ1) is 78.5. The smallest absolute Gasteiger partial charge is 0.130 e. The molecule has 7 heterocycles. The number of fused-ring (bicyclic) bond motifs is 35. The summed E-state index contributed by atoms with van der Waals surface area (Å²) in [6.07, 6.45) is 6.79. The van der Waals surface area contributed by atoms with Gasteiger partial charge >= 0.3 is 0 Å². The second kappa shape index (κ2) is 25.3. The van der Waals surface area contributed by atoms with E-state index in [1.165, 1.54) is 67.0 Å². The van der Waals surface area contributed by atoms with Gasteiger partial charge in [0.25, 0.3) is 0 Å². The fourth-order valence-electron chi connectivity index (χ4n) is 24.1. The predicted molar refractivity (Wildman–Crippen MR) is 499 cm³/mol. The molecule has 8 aliphatic rings. The molecule has 2 N–H and O–H groups in total. The molecule has 0 spiro atoms. The van der Waals surface area contributed by atoms with Crippen LogP contribution in [0.15, 0.2) is 133 Å². The van der Waals surface area contributed by atoms with Gasteiger partial charge < -0.3 is 19.4 Å². The van der Waals surface area contributed by atoms with E-state index in [9.17, 15) is 0 Å². The monoisotopic (exact) mass is 1590 g/mol. The first-order chi connectivity index (χ1) is 56.1. The van der Waals surface area contributed by atoms with Crippen LogP contribution in [0.4, 0.5) is 0 Å². The van der Waals surface area contributed by atoms with Crippen molar-refractivity contribution in [3.63, 3.8) is 0 Å². The van der Waals surface area contributed by atoms with Crippen LogP contribution in [0.2, 0.25) is 0 Å². The maximum atomic E-state index is 6.51. The van der Waals surface area contributed by atoms with Crippen molar-refractivity contribution in [3.8, 4) is 78.8 Å². The van der Waals surface area contributed by atoms with Crippen LogP contribution in [0.1, 0.15) is 295 Å². The molecule has 20 rings (SSSR count). The number of aromatic nitrogens is 8. The fraction of sp³-hybridized carbons (Fsp3) is 0.436. The average molecular weight is 1590 g/mol. The predicted octanol–water partition coefficient (Wildman–Crippen LogP) is 28.3. The van der Waals surface area contributed by atoms with Crippen LogP contribution < -0.4 is 9.47 Å². The summed E-state index contributed by atoms with van der Waals surface area (Å²) in [7, 11) is 3.76. The van der Waals surface area contributed by atoms with E-state index in [0.717, 1.165) is 147 Å². The molecule has 0 radical (unpaired) electrons. The molecule has 614 valence electrons. The Hall–Kier alpha value is -10.1. The molecule has 0 amide bonds. The molecule has 10 nitrogen and oxygen atoms in total. The van der Waals surface area contributed by atoms with E-state index in [2.05, 4.69) is 336 Å². The van der Waals surface area contributed by atoms with Gasteiger partial charge in [0.1, 0.15) is 34.3 Å². The van der Waals surface area contributed by atoms with Gasteiger partial charge in [0.05, 0.1) is 59.1 Å². The first-order valence-electron chi connectivity index (χ1n) is 44.5. The summed E-state index contributed by atoms with van der Waals surface area (Å²) in [5.41, 5.74) is 33.7. The topological polar surface area (TPSA) is 127 Å². The molecular weight excluding hydrogens is 1470 g/mol. The zero-order valence-electron chi connectivity index (χ0n) is 76.4. The summed E-state index contributed by atoms with van der Waals surface area (Å²) in [4.78, 5) is 45.1. The van der Waals surface area contributed by atoms with Crippen molar-refractivity contribution in [2.45, 2.75) is 260 Å². The van der Waals surface area contributed by atoms with Crippen LogP contribution in [0.3, 0.4) is 0 Å². The number of aromatic amines is 2. The van der Waals surface area contributed by atoms with Crippen molar-refractivity contribution in [1.82, 2.24) is 39.9 Å². The van der Waals surface area contributed by atoms with Gasteiger partial charge in [-0.15, -0.1) is 0 Å². The van der Waals surface area contributed by atoms with Gasteiger partial charge in [-0.25, -0.2) is 29.9 Å². The normalized spacial score (nSPS) is 22.8. The second-order valence-electron chi connectivity index (χ2n) is 46.0. The quantitative estimate of drug-likeness (QED) is 0.124. The summed E-state index contributed by atoms with van der Waals surface area (Å²) < 4.78 is 13.0. The number of H-pyrrole nitrogens is 2. The maximum absolute atomic E-state index is 6.51. The molecule has 12 aromatic rings. The summed E-state index contributed by atoms with van der Waals surface area (Å²) in [6.45, 7) is 61.5. The third kappa shape index (κ3) is 11.4. The SMILES string of the molecule is COc1c2c(c(OC)c3ccccc13)[C@@H]1C[C@H]2C2C1C1(C)C3C([C@H]4C[C@@H]3c3nc5cc6nc7c(nc6cc5nc34)-c3nc-7c(-c4cc(C(C)(C)C)cc(C(C)(C)C)c4)c4ccc([nH]4)c(-c4cc(C(C)(C)C)cc(C(C)(C)C)c4)c4nc(c(-c5cc(C(C)(C)C)cc(C(C)(C)C)c5)c5ccc([nH]5)c3-c3cc(C(C)(C)C)cc(C(C)(C)C)c3)C=C4)C21C. The Bertz CT molecular complexity index is 6180. The van der Waals surface area contributed by atoms with Gasteiger partial charge in [-0.2, -0.15) is 0 Å². The highest BCUT2D eigenvalue weighted by Gasteiger charge is 2.89. The second-order valence-corrected chi connectivity index (χ2v) is 46.0. The van der Waals surface area contributed by atoms with Crippen molar-refractivity contribution < 1.29 is 9.47 Å². The van der Waals surface area contributed by atoms with E-state index >= 15 is 0 Å².